The van der Waals surface area contributed by atoms with Crippen molar-refractivity contribution < 1.29 is 4.74 Å². The number of imidazole rings is 1. The lowest BCUT2D eigenvalue weighted by Gasteiger charge is -2.15. The number of fused-ring (bicyclic) bond motifs is 2. The quantitative estimate of drug-likeness (QED) is 0.686. The summed E-state index contributed by atoms with van der Waals surface area (Å²) in [6.07, 6.45) is 1.01. The Hall–Kier alpha value is -1.35. The Labute approximate surface area is 82.1 Å². The van der Waals surface area contributed by atoms with Gasteiger partial charge in [0.2, 0.25) is 0 Å². The molecule has 0 radical (unpaired) electrons. The summed E-state index contributed by atoms with van der Waals surface area (Å²) < 4.78 is 5.42. The van der Waals surface area contributed by atoms with E-state index < -0.39 is 0 Å². The fourth-order valence-electron chi connectivity index (χ4n) is 2.00. The molecular weight excluding hydrogens is 176 g/mol. The van der Waals surface area contributed by atoms with E-state index in [0.717, 1.165) is 36.5 Å². The van der Waals surface area contributed by atoms with Crippen molar-refractivity contribution in [1.29, 1.82) is 0 Å². The molecule has 3 nitrogen and oxygen atoms in total. The first-order valence-corrected chi connectivity index (χ1v) is 4.89. The van der Waals surface area contributed by atoms with E-state index in [4.69, 9.17) is 4.74 Å². The molecule has 14 heavy (non-hydrogen) atoms. The highest BCUT2D eigenvalue weighted by Crippen LogP contribution is 2.22. The molecule has 72 valence electrons. The predicted octanol–water partition coefficient (Wildman–Crippen LogP) is 1.94. The van der Waals surface area contributed by atoms with Gasteiger partial charge in [0.1, 0.15) is 5.82 Å². The number of ether oxygens (including phenoxy) is 1. The highest BCUT2D eigenvalue weighted by atomic mass is 16.5. The number of rotatable bonds is 0. The molecule has 0 fully saturated rings. The van der Waals surface area contributed by atoms with Crippen molar-refractivity contribution >= 4 is 11.0 Å². The van der Waals surface area contributed by atoms with Gasteiger partial charge in [-0.1, -0.05) is 0 Å². The van der Waals surface area contributed by atoms with Crippen LogP contribution in [0.1, 0.15) is 17.0 Å². The van der Waals surface area contributed by atoms with Gasteiger partial charge in [0.05, 0.1) is 24.2 Å². The standard InChI is InChI=1S/C11H12N2O/c1-7-12-10-4-8-2-3-14-6-9(8)5-11(10)13-7/h4-5H,2-3,6H2,1H3,(H,12,13). The van der Waals surface area contributed by atoms with Crippen LogP contribution in [0.25, 0.3) is 11.0 Å². The van der Waals surface area contributed by atoms with E-state index in [-0.39, 0.29) is 0 Å². The monoisotopic (exact) mass is 188 g/mol. The third-order valence-corrected chi connectivity index (χ3v) is 2.69. The van der Waals surface area contributed by atoms with Crippen molar-refractivity contribution in [2.75, 3.05) is 6.61 Å². The van der Waals surface area contributed by atoms with Gasteiger partial charge >= 0.3 is 0 Å². The molecule has 0 amide bonds. The van der Waals surface area contributed by atoms with E-state index in [1.165, 1.54) is 11.1 Å². The molecule has 0 spiro atoms. The maximum absolute atomic E-state index is 5.42. The largest absolute Gasteiger partial charge is 0.376 e. The summed E-state index contributed by atoms with van der Waals surface area (Å²) in [6.45, 7) is 3.56. The summed E-state index contributed by atoms with van der Waals surface area (Å²) in [4.78, 5) is 7.67. The molecule has 1 aliphatic heterocycles. The summed E-state index contributed by atoms with van der Waals surface area (Å²) >= 11 is 0. The van der Waals surface area contributed by atoms with Crippen LogP contribution in [0.2, 0.25) is 0 Å². The van der Waals surface area contributed by atoms with Crippen molar-refractivity contribution in [2.45, 2.75) is 20.0 Å². The van der Waals surface area contributed by atoms with E-state index in [9.17, 15) is 0 Å². The summed E-state index contributed by atoms with van der Waals surface area (Å²) in [5.74, 6) is 0.975. The van der Waals surface area contributed by atoms with Gasteiger partial charge in [-0.3, -0.25) is 0 Å². The molecule has 0 bridgehead atoms. The Balaban J connectivity index is 2.26. The van der Waals surface area contributed by atoms with Crippen LogP contribution >= 0.6 is 0 Å². The van der Waals surface area contributed by atoms with E-state index >= 15 is 0 Å². The van der Waals surface area contributed by atoms with Crippen LogP contribution < -0.4 is 0 Å². The molecule has 3 rings (SSSR count). The summed E-state index contributed by atoms with van der Waals surface area (Å²) in [7, 11) is 0. The second-order valence-electron chi connectivity index (χ2n) is 3.76. The minimum atomic E-state index is 0.739. The number of hydrogen-bond acceptors (Lipinski definition) is 2. The maximum Gasteiger partial charge on any atom is 0.104 e. The highest BCUT2D eigenvalue weighted by Gasteiger charge is 2.11. The number of aromatic nitrogens is 2. The predicted molar refractivity (Wildman–Crippen MR) is 54.2 cm³/mol. The lowest BCUT2D eigenvalue weighted by atomic mass is 10.0. The van der Waals surface area contributed by atoms with Gasteiger partial charge in [0, 0.05) is 0 Å². The van der Waals surface area contributed by atoms with Crippen molar-refractivity contribution in [3.05, 3.63) is 29.1 Å². The van der Waals surface area contributed by atoms with Crippen LogP contribution in [0.15, 0.2) is 12.1 Å². The Kier molecular flexibility index (Phi) is 1.61. The lowest BCUT2D eigenvalue weighted by Crippen LogP contribution is -2.09. The second-order valence-corrected chi connectivity index (χ2v) is 3.76. The van der Waals surface area contributed by atoms with Gasteiger partial charge in [0.15, 0.2) is 0 Å². The van der Waals surface area contributed by atoms with Gasteiger partial charge in [-0.2, -0.15) is 0 Å². The number of nitrogens with one attached hydrogen (secondary N) is 1. The fraction of sp³-hybridized carbons (Fsp3) is 0.364. The molecule has 0 aliphatic carbocycles. The molecular formula is C11H12N2O. The molecule has 1 N–H and O–H groups in total. The molecule has 1 aromatic heterocycles. The maximum atomic E-state index is 5.42. The van der Waals surface area contributed by atoms with Gasteiger partial charge in [-0.15, -0.1) is 0 Å². The Morgan fingerprint density at radius 3 is 3.21 bits per heavy atom. The summed E-state index contributed by atoms with van der Waals surface area (Å²) in [5, 5.41) is 0. The second kappa shape index (κ2) is 2.82. The van der Waals surface area contributed by atoms with Gasteiger partial charge in [0.25, 0.3) is 0 Å². The van der Waals surface area contributed by atoms with E-state index in [0.29, 0.717) is 0 Å². The Bertz CT molecular complexity index is 444. The first-order valence-electron chi connectivity index (χ1n) is 4.89. The van der Waals surface area contributed by atoms with Gasteiger partial charge in [-0.25, -0.2) is 4.98 Å². The number of H-pyrrole nitrogens is 1. The zero-order valence-corrected chi connectivity index (χ0v) is 8.13. The first kappa shape index (κ1) is 8.00. The summed E-state index contributed by atoms with van der Waals surface area (Å²) in [6, 6.07) is 4.33. The normalized spacial score (nSPS) is 15.8. The zero-order chi connectivity index (χ0) is 9.54. The molecule has 0 atom stereocenters. The molecule has 2 heterocycles. The van der Waals surface area contributed by atoms with Crippen molar-refractivity contribution in [2.24, 2.45) is 0 Å². The topological polar surface area (TPSA) is 37.9 Å². The molecule has 3 heteroatoms. The molecule has 2 aromatic rings. The van der Waals surface area contributed by atoms with Crippen LogP contribution in [-0.4, -0.2) is 16.6 Å². The Morgan fingerprint density at radius 2 is 2.29 bits per heavy atom. The Morgan fingerprint density at radius 1 is 1.36 bits per heavy atom. The minimum Gasteiger partial charge on any atom is -0.376 e. The third kappa shape index (κ3) is 1.13. The van der Waals surface area contributed by atoms with Crippen LogP contribution in [0.5, 0.6) is 0 Å². The first-order chi connectivity index (χ1) is 6.83. The van der Waals surface area contributed by atoms with Crippen molar-refractivity contribution in [3.63, 3.8) is 0 Å². The van der Waals surface area contributed by atoms with Crippen LogP contribution in [0.3, 0.4) is 0 Å². The van der Waals surface area contributed by atoms with Crippen LogP contribution in [0, 0.1) is 6.92 Å². The number of aromatic amines is 1. The minimum absolute atomic E-state index is 0.739. The molecule has 0 saturated carbocycles. The SMILES string of the molecule is Cc1nc2cc3c(cc2[nH]1)COCC3. The van der Waals surface area contributed by atoms with E-state index in [2.05, 4.69) is 22.1 Å². The smallest absolute Gasteiger partial charge is 0.104 e. The van der Waals surface area contributed by atoms with Gasteiger partial charge < -0.3 is 9.72 Å². The average molecular weight is 188 g/mol. The van der Waals surface area contributed by atoms with Gasteiger partial charge in [-0.05, 0) is 36.6 Å². The fourth-order valence-corrected chi connectivity index (χ4v) is 2.00. The number of nitrogens with zero attached hydrogens (tertiary/aromatic N) is 1. The van der Waals surface area contributed by atoms with Crippen LogP contribution in [0.4, 0.5) is 0 Å². The molecule has 1 aromatic carbocycles. The van der Waals surface area contributed by atoms with Crippen LogP contribution in [-0.2, 0) is 17.8 Å². The average Bonchev–Trinajstić information content (AvgIpc) is 2.53. The van der Waals surface area contributed by atoms with Crippen molar-refractivity contribution in [3.8, 4) is 0 Å². The number of aryl methyl sites for hydroxylation is 1. The molecule has 1 aliphatic rings. The number of benzene rings is 1. The third-order valence-electron chi connectivity index (χ3n) is 2.69. The highest BCUT2D eigenvalue weighted by molar-refractivity contribution is 5.77. The van der Waals surface area contributed by atoms with Crippen molar-refractivity contribution in [1.82, 2.24) is 9.97 Å². The number of hydrogen-bond donors (Lipinski definition) is 1. The zero-order valence-electron chi connectivity index (χ0n) is 8.13. The van der Waals surface area contributed by atoms with E-state index in [1.807, 2.05) is 6.92 Å². The summed E-state index contributed by atoms with van der Waals surface area (Å²) in [5.41, 5.74) is 4.87. The lowest BCUT2D eigenvalue weighted by molar-refractivity contribution is 0.111. The molecule has 0 saturated heterocycles. The van der Waals surface area contributed by atoms with E-state index in [1.54, 1.807) is 0 Å². The molecule has 0 unspecified atom stereocenters.